The van der Waals surface area contributed by atoms with E-state index in [2.05, 4.69) is 15.6 Å². The number of nitrogens with zero attached hydrogens (tertiary/aromatic N) is 3. The normalized spacial score (nSPS) is 10.8. The van der Waals surface area contributed by atoms with Gasteiger partial charge < -0.3 is 9.73 Å². The fourth-order valence-electron chi connectivity index (χ4n) is 1.97. The third kappa shape index (κ3) is 2.71. The van der Waals surface area contributed by atoms with Gasteiger partial charge in [0.05, 0.1) is 18.2 Å². The zero-order chi connectivity index (χ0) is 15.5. The summed E-state index contributed by atoms with van der Waals surface area (Å²) < 4.78 is 19.2. The number of halogens is 1. The van der Waals surface area contributed by atoms with Crippen LogP contribution in [0.2, 0.25) is 0 Å². The topological polar surface area (TPSA) is 90.0 Å². The lowest BCUT2D eigenvalue weighted by Crippen LogP contribution is -2.32. The Morgan fingerprint density at radius 2 is 2.23 bits per heavy atom. The van der Waals surface area contributed by atoms with E-state index in [9.17, 15) is 14.0 Å². The summed E-state index contributed by atoms with van der Waals surface area (Å²) in [5.41, 5.74) is -0.140. The van der Waals surface area contributed by atoms with Crippen molar-refractivity contribution in [3.05, 3.63) is 58.5 Å². The molecule has 0 saturated carbocycles. The summed E-state index contributed by atoms with van der Waals surface area (Å²) in [5, 5.41) is 10.3. The van der Waals surface area contributed by atoms with Crippen LogP contribution in [0, 0.1) is 5.82 Å². The maximum Gasteiger partial charge on any atom is 0.287 e. The highest BCUT2D eigenvalue weighted by atomic mass is 19.1. The molecule has 0 atom stereocenters. The van der Waals surface area contributed by atoms with Gasteiger partial charge in [-0.3, -0.25) is 9.59 Å². The van der Waals surface area contributed by atoms with Gasteiger partial charge in [0.25, 0.3) is 11.5 Å². The predicted octanol–water partition coefficient (Wildman–Crippen LogP) is 0.954. The molecule has 1 aromatic carbocycles. The van der Waals surface area contributed by atoms with Crippen molar-refractivity contribution >= 4 is 16.8 Å². The number of amides is 1. The number of nitrogens with one attached hydrogen (secondary N) is 1. The van der Waals surface area contributed by atoms with Crippen molar-refractivity contribution in [3.63, 3.8) is 0 Å². The number of benzene rings is 1. The summed E-state index contributed by atoms with van der Waals surface area (Å²) >= 11 is 0. The second-order valence-corrected chi connectivity index (χ2v) is 4.51. The monoisotopic (exact) mass is 302 g/mol. The molecule has 2 aromatic heterocycles. The Morgan fingerprint density at radius 3 is 3.00 bits per heavy atom. The number of aromatic nitrogens is 3. The van der Waals surface area contributed by atoms with Gasteiger partial charge in [0, 0.05) is 6.54 Å². The Bertz CT molecular complexity index is 873. The lowest BCUT2D eigenvalue weighted by molar-refractivity contribution is 0.0924. The molecule has 8 heteroatoms. The van der Waals surface area contributed by atoms with Gasteiger partial charge in [-0.05, 0) is 30.3 Å². The van der Waals surface area contributed by atoms with Crippen LogP contribution in [0.4, 0.5) is 4.39 Å². The Hall–Kier alpha value is -3.03. The molecule has 0 radical (unpaired) electrons. The van der Waals surface area contributed by atoms with Crippen LogP contribution in [0.25, 0.3) is 10.9 Å². The third-order valence-corrected chi connectivity index (χ3v) is 3.04. The van der Waals surface area contributed by atoms with Crippen LogP contribution < -0.4 is 10.9 Å². The van der Waals surface area contributed by atoms with Crippen molar-refractivity contribution in [2.45, 2.75) is 6.54 Å². The number of rotatable bonds is 4. The Balaban J connectivity index is 1.73. The highest BCUT2D eigenvalue weighted by Crippen LogP contribution is 2.07. The van der Waals surface area contributed by atoms with Crippen LogP contribution in [0.3, 0.4) is 0 Å². The largest absolute Gasteiger partial charge is 0.459 e. The lowest BCUT2D eigenvalue weighted by atomic mass is 10.2. The summed E-state index contributed by atoms with van der Waals surface area (Å²) in [7, 11) is 0. The molecule has 0 aliphatic heterocycles. The van der Waals surface area contributed by atoms with E-state index < -0.39 is 17.3 Å². The van der Waals surface area contributed by atoms with E-state index in [-0.39, 0.29) is 24.2 Å². The molecule has 0 bridgehead atoms. The van der Waals surface area contributed by atoms with Crippen molar-refractivity contribution in [2.75, 3.05) is 6.54 Å². The van der Waals surface area contributed by atoms with E-state index in [1.165, 1.54) is 24.5 Å². The summed E-state index contributed by atoms with van der Waals surface area (Å²) in [5.74, 6) is -0.730. The highest BCUT2D eigenvalue weighted by molar-refractivity contribution is 5.91. The first-order valence-corrected chi connectivity index (χ1v) is 6.50. The minimum atomic E-state index is -0.518. The van der Waals surface area contributed by atoms with Crippen molar-refractivity contribution < 1.29 is 13.6 Å². The molecule has 3 aromatic rings. The fourth-order valence-corrected chi connectivity index (χ4v) is 1.97. The van der Waals surface area contributed by atoms with E-state index >= 15 is 0 Å². The minimum Gasteiger partial charge on any atom is -0.459 e. The van der Waals surface area contributed by atoms with E-state index in [1.54, 1.807) is 6.07 Å². The Morgan fingerprint density at radius 1 is 1.36 bits per heavy atom. The zero-order valence-electron chi connectivity index (χ0n) is 11.3. The molecule has 3 rings (SSSR count). The number of hydrogen-bond acceptors (Lipinski definition) is 5. The average molecular weight is 302 g/mol. The molecular formula is C14H11FN4O3. The first kappa shape index (κ1) is 13.9. The smallest absolute Gasteiger partial charge is 0.287 e. The van der Waals surface area contributed by atoms with Gasteiger partial charge in [-0.15, -0.1) is 5.10 Å². The second-order valence-electron chi connectivity index (χ2n) is 4.51. The number of furan rings is 1. The summed E-state index contributed by atoms with van der Waals surface area (Å²) in [6.07, 6.45) is 1.39. The van der Waals surface area contributed by atoms with Gasteiger partial charge in [-0.1, -0.05) is 5.21 Å². The first-order valence-electron chi connectivity index (χ1n) is 6.50. The summed E-state index contributed by atoms with van der Waals surface area (Å²) in [6, 6.07) is 6.85. The van der Waals surface area contributed by atoms with E-state index in [0.29, 0.717) is 5.52 Å². The maximum atomic E-state index is 13.2. The molecule has 1 N–H and O–H groups in total. The molecule has 22 heavy (non-hydrogen) atoms. The molecule has 0 fully saturated rings. The molecule has 1 amide bonds. The van der Waals surface area contributed by atoms with E-state index in [1.807, 2.05) is 0 Å². The first-order chi connectivity index (χ1) is 10.6. The number of carbonyl (C=O) groups excluding carboxylic acids is 1. The number of carbonyl (C=O) groups is 1. The van der Waals surface area contributed by atoms with Gasteiger partial charge in [0.2, 0.25) is 0 Å². The molecule has 112 valence electrons. The fraction of sp³-hybridized carbons (Fsp3) is 0.143. The zero-order valence-corrected chi connectivity index (χ0v) is 11.3. The number of hydrogen-bond donors (Lipinski definition) is 1. The third-order valence-electron chi connectivity index (χ3n) is 3.04. The molecule has 0 unspecified atom stereocenters. The van der Waals surface area contributed by atoms with Gasteiger partial charge >= 0.3 is 0 Å². The average Bonchev–Trinajstić information content (AvgIpc) is 3.04. The quantitative estimate of drug-likeness (QED) is 0.775. The van der Waals surface area contributed by atoms with Crippen LogP contribution in [-0.4, -0.2) is 27.4 Å². The van der Waals surface area contributed by atoms with Gasteiger partial charge in [0.1, 0.15) is 11.3 Å². The van der Waals surface area contributed by atoms with Crippen molar-refractivity contribution in [2.24, 2.45) is 0 Å². The van der Waals surface area contributed by atoms with Crippen LogP contribution in [0.1, 0.15) is 10.6 Å². The van der Waals surface area contributed by atoms with Crippen molar-refractivity contribution in [1.29, 1.82) is 0 Å². The van der Waals surface area contributed by atoms with Gasteiger partial charge in [0.15, 0.2) is 5.76 Å². The molecule has 0 aliphatic carbocycles. The van der Waals surface area contributed by atoms with Gasteiger partial charge in [-0.25, -0.2) is 9.07 Å². The SMILES string of the molecule is O=C(NCCn1nnc2ccc(F)cc2c1=O)c1ccco1. The van der Waals surface area contributed by atoms with Crippen LogP contribution in [0.5, 0.6) is 0 Å². The molecule has 0 spiro atoms. The minimum absolute atomic E-state index is 0.116. The maximum absolute atomic E-state index is 13.2. The van der Waals surface area contributed by atoms with Crippen molar-refractivity contribution in [1.82, 2.24) is 20.3 Å². The summed E-state index contributed by atoms with van der Waals surface area (Å²) in [4.78, 5) is 23.8. The molecule has 0 saturated heterocycles. The molecule has 0 aliphatic rings. The lowest BCUT2D eigenvalue weighted by Gasteiger charge is -2.06. The standard InChI is InChI=1S/C14H11FN4O3/c15-9-3-4-11-10(8-9)14(21)19(18-17-11)6-5-16-13(20)12-2-1-7-22-12/h1-4,7-8H,5-6H2,(H,16,20). The van der Waals surface area contributed by atoms with Crippen LogP contribution in [0.15, 0.2) is 45.8 Å². The molecular weight excluding hydrogens is 291 g/mol. The summed E-state index contributed by atoms with van der Waals surface area (Å²) in [6.45, 7) is 0.277. The van der Waals surface area contributed by atoms with Gasteiger partial charge in [-0.2, -0.15) is 0 Å². The highest BCUT2D eigenvalue weighted by Gasteiger charge is 2.09. The number of fused-ring (bicyclic) bond motifs is 1. The second kappa shape index (κ2) is 5.76. The van der Waals surface area contributed by atoms with Crippen LogP contribution >= 0.6 is 0 Å². The predicted molar refractivity (Wildman–Crippen MR) is 74.8 cm³/mol. The Kier molecular flexibility index (Phi) is 3.65. The molecule has 7 nitrogen and oxygen atoms in total. The van der Waals surface area contributed by atoms with E-state index in [0.717, 1.165) is 10.7 Å². The van der Waals surface area contributed by atoms with Crippen LogP contribution in [-0.2, 0) is 6.54 Å². The Labute approximate surface area is 123 Å². The molecule has 2 heterocycles. The van der Waals surface area contributed by atoms with E-state index in [4.69, 9.17) is 4.42 Å². The van der Waals surface area contributed by atoms with Crippen molar-refractivity contribution in [3.8, 4) is 0 Å².